The smallest absolute Gasteiger partial charge is 0.235 e. The van der Waals surface area contributed by atoms with Gasteiger partial charge in [-0.2, -0.15) is 5.10 Å². The molecule has 5 nitrogen and oxygen atoms in total. The number of nitrogens with zero attached hydrogens (tertiary/aromatic N) is 2. The van der Waals surface area contributed by atoms with Crippen molar-refractivity contribution in [1.82, 2.24) is 9.78 Å². The van der Waals surface area contributed by atoms with Crippen LogP contribution in [-0.4, -0.2) is 28.6 Å². The maximum absolute atomic E-state index is 12.4. The number of ether oxygens (including phenoxy) is 1. The molecule has 3 aromatic rings. The topological polar surface area (TPSA) is 56.1 Å². The summed E-state index contributed by atoms with van der Waals surface area (Å²) in [5.74, 6) is 1.83. The molecule has 27 heavy (non-hydrogen) atoms. The highest BCUT2D eigenvalue weighted by molar-refractivity contribution is 8.00. The van der Waals surface area contributed by atoms with Gasteiger partial charge >= 0.3 is 0 Å². The van der Waals surface area contributed by atoms with Crippen LogP contribution in [0.25, 0.3) is 5.69 Å². The van der Waals surface area contributed by atoms with E-state index in [-0.39, 0.29) is 11.2 Å². The van der Waals surface area contributed by atoms with Crippen molar-refractivity contribution in [2.45, 2.75) is 12.2 Å². The van der Waals surface area contributed by atoms with Crippen LogP contribution in [0.15, 0.2) is 48.5 Å². The average Bonchev–Trinajstić information content (AvgIpc) is 2.88. The highest BCUT2D eigenvalue weighted by atomic mass is 35.5. The van der Waals surface area contributed by atoms with Crippen molar-refractivity contribution in [3.8, 4) is 11.4 Å². The van der Waals surface area contributed by atoms with Gasteiger partial charge in [-0.05, 0) is 48.9 Å². The van der Waals surface area contributed by atoms with Gasteiger partial charge in [0.25, 0.3) is 0 Å². The first kappa shape index (κ1) is 17.9. The molecule has 0 saturated carbocycles. The Morgan fingerprint density at radius 3 is 2.56 bits per heavy atom. The first-order valence-corrected chi connectivity index (χ1v) is 9.90. The molecule has 2 heterocycles. The van der Waals surface area contributed by atoms with Crippen molar-refractivity contribution >= 4 is 35.1 Å². The quantitative estimate of drug-likeness (QED) is 0.698. The molecule has 138 valence electrons. The lowest BCUT2D eigenvalue weighted by molar-refractivity contribution is -0.113. The molecular formula is C20H18ClN3O2S. The number of methoxy groups -OCH3 is 1. The second kappa shape index (κ2) is 7.29. The molecule has 0 unspecified atom stereocenters. The van der Waals surface area contributed by atoms with Gasteiger partial charge in [0.05, 0.1) is 29.5 Å². The summed E-state index contributed by atoms with van der Waals surface area (Å²) < 4.78 is 7.02. The number of aryl methyl sites for hydroxylation is 1. The standard InChI is InChI=1S/C20H18ClN3O2S/c1-12-18-19(13-3-5-14(21)6-4-13)27-11-17(25)22-20(18)24(23-12)15-7-9-16(26-2)10-8-15/h3-10,19H,11H2,1-2H3,(H,22,25)/t19-/m1/s1. The highest BCUT2D eigenvalue weighted by Gasteiger charge is 2.30. The minimum Gasteiger partial charge on any atom is -0.497 e. The average molecular weight is 400 g/mol. The molecule has 0 spiro atoms. The van der Waals surface area contributed by atoms with Crippen molar-refractivity contribution in [3.63, 3.8) is 0 Å². The summed E-state index contributed by atoms with van der Waals surface area (Å²) in [5.41, 5.74) is 3.86. The number of anilines is 1. The van der Waals surface area contributed by atoms with Gasteiger partial charge in [-0.3, -0.25) is 4.79 Å². The third-order valence-electron chi connectivity index (χ3n) is 4.50. The van der Waals surface area contributed by atoms with Crippen LogP contribution in [0.3, 0.4) is 0 Å². The third-order valence-corrected chi connectivity index (χ3v) is 6.02. The predicted octanol–water partition coefficient (Wildman–Crippen LogP) is 4.62. The van der Waals surface area contributed by atoms with E-state index in [0.29, 0.717) is 16.6 Å². The second-order valence-electron chi connectivity index (χ2n) is 6.25. The summed E-state index contributed by atoms with van der Waals surface area (Å²) in [7, 11) is 1.63. The van der Waals surface area contributed by atoms with Gasteiger partial charge < -0.3 is 10.1 Å². The second-order valence-corrected chi connectivity index (χ2v) is 7.78. The van der Waals surface area contributed by atoms with E-state index in [2.05, 4.69) is 5.32 Å². The van der Waals surface area contributed by atoms with E-state index in [0.717, 1.165) is 28.3 Å². The summed E-state index contributed by atoms with van der Waals surface area (Å²) in [6, 6.07) is 15.4. The zero-order chi connectivity index (χ0) is 19.0. The number of carbonyl (C=O) groups is 1. The van der Waals surface area contributed by atoms with Gasteiger partial charge in [-0.1, -0.05) is 23.7 Å². The van der Waals surface area contributed by atoms with E-state index in [1.165, 1.54) is 0 Å². The molecule has 1 amide bonds. The number of hydrogen-bond donors (Lipinski definition) is 1. The van der Waals surface area contributed by atoms with Crippen LogP contribution in [0, 0.1) is 6.92 Å². The molecule has 0 fully saturated rings. The summed E-state index contributed by atoms with van der Waals surface area (Å²) in [5, 5.41) is 8.44. The highest BCUT2D eigenvalue weighted by Crippen LogP contribution is 2.44. The molecule has 7 heteroatoms. The van der Waals surface area contributed by atoms with Crippen molar-refractivity contribution in [3.05, 3.63) is 70.4 Å². The maximum atomic E-state index is 12.4. The normalized spacial score (nSPS) is 16.4. The summed E-state index contributed by atoms with van der Waals surface area (Å²) in [6.07, 6.45) is 0. The lowest BCUT2D eigenvalue weighted by atomic mass is 10.0. The third kappa shape index (κ3) is 3.42. The van der Waals surface area contributed by atoms with Crippen molar-refractivity contribution < 1.29 is 9.53 Å². The molecule has 1 aliphatic heterocycles. The lowest BCUT2D eigenvalue weighted by Gasteiger charge is -2.15. The van der Waals surface area contributed by atoms with E-state index >= 15 is 0 Å². The fraction of sp³-hybridized carbons (Fsp3) is 0.200. The molecule has 2 aromatic carbocycles. The lowest BCUT2D eigenvalue weighted by Crippen LogP contribution is -2.15. The van der Waals surface area contributed by atoms with Gasteiger partial charge in [-0.25, -0.2) is 4.68 Å². The molecule has 1 aliphatic rings. The van der Waals surface area contributed by atoms with Crippen LogP contribution >= 0.6 is 23.4 Å². The number of benzene rings is 2. The number of hydrogen-bond acceptors (Lipinski definition) is 4. The number of fused-ring (bicyclic) bond motifs is 1. The summed E-state index contributed by atoms with van der Waals surface area (Å²) in [4.78, 5) is 12.4. The molecular weight excluding hydrogens is 382 g/mol. The number of rotatable bonds is 3. The minimum atomic E-state index is -0.0348. The zero-order valence-corrected chi connectivity index (χ0v) is 16.5. The van der Waals surface area contributed by atoms with Crippen LogP contribution in [-0.2, 0) is 4.79 Å². The molecule has 0 aliphatic carbocycles. The maximum Gasteiger partial charge on any atom is 0.235 e. The number of nitrogens with one attached hydrogen (secondary N) is 1. The van der Waals surface area contributed by atoms with E-state index in [9.17, 15) is 4.79 Å². The van der Waals surface area contributed by atoms with Gasteiger partial charge in [0.2, 0.25) is 5.91 Å². The predicted molar refractivity (Wildman–Crippen MR) is 109 cm³/mol. The van der Waals surface area contributed by atoms with Crippen molar-refractivity contribution in [1.29, 1.82) is 0 Å². The Balaban J connectivity index is 1.84. The number of amides is 1. The Morgan fingerprint density at radius 1 is 1.19 bits per heavy atom. The van der Waals surface area contributed by atoms with E-state index < -0.39 is 0 Å². The summed E-state index contributed by atoms with van der Waals surface area (Å²) >= 11 is 7.64. The van der Waals surface area contributed by atoms with Gasteiger partial charge in [0, 0.05) is 10.6 Å². The van der Waals surface area contributed by atoms with Gasteiger partial charge in [0.1, 0.15) is 11.6 Å². The van der Waals surface area contributed by atoms with Crippen molar-refractivity contribution in [2.75, 3.05) is 18.2 Å². The monoisotopic (exact) mass is 399 g/mol. The summed E-state index contributed by atoms with van der Waals surface area (Å²) in [6.45, 7) is 1.97. The van der Waals surface area contributed by atoms with E-state index in [1.54, 1.807) is 23.6 Å². The Labute approximate surface area is 166 Å². The molecule has 0 saturated heterocycles. The number of aromatic nitrogens is 2. The fourth-order valence-electron chi connectivity index (χ4n) is 3.19. The number of carbonyl (C=O) groups excluding carboxylic acids is 1. The number of halogens is 1. The largest absolute Gasteiger partial charge is 0.497 e. The van der Waals surface area contributed by atoms with Crippen molar-refractivity contribution in [2.24, 2.45) is 0 Å². The van der Waals surface area contributed by atoms with E-state index in [1.807, 2.05) is 55.5 Å². The first-order valence-electron chi connectivity index (χ1n) is 8.47. The van der Waals surface area contributed by atoms with E-state index in [4.69, 9.17) is 21.4 Å². The Bertz CT molecular complexity index is 984. The molecule has 1 N–H and O–H groups in total. The van der Waals surface area contributed by atoms with Gasteiger partial charge in [-0.15, -0.1) is 11.8 Å². The number of thioether (sulfide) groups is 1. The van der Waals surface area contributed by atoms with Crippen LogP contribution in [0.5, 0.6) is 5.75 Å². The SMILES string of the molecule is COc1ccc(-n2nc(C)c3c2NC(=O)CS[C@@H]3c2ccc(Cl)cc2)cc1. The zero-order valence-electron chi connectivity index (χ0n) is 14.9. The first-order chi connectivity index (χ1) is 13.1. The Kier molecular flexibility index (Phi) is 4.85. The molecule has 1 atom stereocenters. The van der Waals surface area contributed by atoms with Crippen LogP contribution in [0.1, 0.15) is 22.1 Å². The van der Waals surface area contributed by atoms with Gasteiger partial charge in [0.15, 0.2) is 0 Å². The molecule has 1 aromatic heterocycles. The molecule has 0 radical (unpaired) electrons. The van der Waals surface area contributed by atoms with Crippen LogP contribution in [0.4, 0.5) is 5.82 Å². The molecule has 4 rings (SSSR count). The van der Waals surface area contributed by atoms with Crippen LogP contribution in [0.2, 0.25) is 5.02 Å². The Hall–Kier alpha value is -2.44. The molecule has 0 bridgehead atoms. The van der Waals surface area contributed by atoms with Crippen LogP contribution < -0.4 is 10.1 Å². The Morgan fingerprint density at radius 2 is 1.89 bits per heavy atom. The minimum absolute atomic E-state index is 0.00298. The fourth-order valence-corrected chi connectivity index (χ4v) is 4.51.